The van der Waals surface area contributed by atoms with Crippen LogP contribution in [0.5, 0.6) is 0 Å². The zero-order valence-corrected chi connectivity index (χ0v) is 22.0. The van der Waals surface area contributed by atoms with E-state index in [1.165, 1.54) is 40.2 Å². The molecule has 3 saturated heterocycles. The molecular formula is C25H36N6O4S. The van der Waals surface area contributed by atoms with Gasteiger partial charge in [-0.2, -0.15) is 4.68 Å². The van der Waals surface area contributed by atoms with Gasteiger partial charge in [-0.1, -0.05) is 12.1 Å². The highest BCUT2D eigenvalue weighted by atomic mass is 32.2. The number of likely N-dealkylation sites (tertiary alicyclic amines) is 2. The van der Waals surface area contributed by atoms with Crippen molar-refractivity contribution in [2.45, 2.75) is 44.7 Å². The third-order valence-corrected chi connectivity index (χ3v) is 8.49. The van der Waals surface area contributed by atoms with E-state index in [1.807, 2.05) is 4.90 Å². The SMILES string of the molecule is Cc1c(CN2CCCC23CCN(C(=O)n2ccc(NS(C)(=O)=O)n2)CC3)cccc1N1CCOCC1. The van der Waals surface area contributed by atoms with Crippen molar-refractivity contribution in [1.29, 1.82) is 0 Å². The van der Waals surface area contributed by atoms with Gasteiger partial charge in [0, 0.05) is 56.2 Å². The monoisotopic (exact) mass is 516 g/mol. The number of nitrogens with one attached hydrogen (secondary N) is 1. The molecule has 10 nitrogen and oxygen atoms in total. The van der Waals surface area contributed by atoms with Crippen LogP contribution in [-0.2, 0) is 21.3 Å². The van der Waals surface area contributed by atoms with Gasteiger partial charge in [0.1, 0.15) is 0 Å². The van der Waals surface area contributed by atoms with E-state index in [-0.39, 0.29) is 17.4 Å². The van der Waals surface area contributed by atoms with Crippen molar-refractivity contribution in [2.24, 2.45) is 0 Å². The molecule has 0 unspecified atom stereocenters. The second-order valence-corrected chi connectivity index (χ2v) is 11.9. The summed E-state index contributed by atoms with van der Waals surface area (Å²) < 4.78 is 31.9. The number of hydrogen-bond acceptors (Lipinski definition) is 7. The van der Waals surface area contributed by atoms with Gasteiger partial charge < -0.3 is 14.5 Å². The molecule has 3 aliphatic heterocycles. The van der Waals surface area contributed by atoms with Crippen molar-refractivity contribution in [3.8, 4) is 0 Å². The van der Waals surface area contributed by atoms with Crippen LogP contribution in [0.2, 0.25) is 0 Å². The summed E-state index contributed by atoms with van der Waals surface area (Å²) in [6.07, 6.45) is 6.75. The van der Waals surface area contributed by atoms with E-state index in [0.717, 1.165) is 64.9 Å². The predicted molar refractivity (Wildman–Crippen MR) is 139 cm³/mol. The second-order valence-electron chi connectivity index (χ2n) is 10.2. The van der Waals surface area contributed by atoms with Crippen LogP contribution in [0.1, 0.15) is 36.8 Å². The minimum Gasteiger partial charge on any atom is -0.378 e. The average Bonchev–Trinajstić information content (AvgIpc) is 3.47. The number of ether oxygens (including phenoxy) is 1. The van der Waals surface area contributed by atoms with Gasteiger partial charge >= 0.3 is 6.03 Å². The summed E-state index contributed by atoms with van der Waals surface area (Å²) in [5.74, 6) is 0.149. The number of benzene rings is 1. The lowest BCUT2D eigenvalue weighted by Gasteiger charge is -2.45. The number of nitrogens with zero attached hydrogens (tertiary/aromatic N) is 5. The Bertz CT molecular complexity index is 1200. The summed E-state index contributed by atoms with van der Waals surface area (Å²) in [6, 6.07) is 7.93. The predicted octanol–water partition coefficient (Wildman–Crippen LogP) is 2.50. The first-order chi connectivity index (χ1) is 17.2. The van der Waals surface area contributed by atoms with E-state index in [2.05, 4.69) is 44.7 Å². The topological polar surface area (TPSA) is 100 Å². The number of hydrogen-bond donors (Lipinski definition) is 1. The van der Waals surface area contributed by atoms with Crippen LogP contribution in [0, 0.1) is 6.92 Å². The molecule has 0 aliphatic carbocycles. The van der Waals surface area contributed by atoms with Gasteiger partial charge in [-0.25, -0.2) is 13.2 Å². The van der Waals surface area contributed by atoms with E-state index in [9.17, 15) is 13.2 Å². The molecule has 5 rings (SSSR count). The minimum atomic E-state index is -3.44. The first-order valence-electron chi connectivity index (χ1n) is 12.7. The van der Waals surface area contributed by atoms with Gasteiger partial charge in [-0.3, -0.25) is 9.62 Å². The molecule has 3 aliphatic rings. The number of rotatable bonds is 5. The number of amides is 1. The normalized spacial score (nSPS) is 20.7. The van der Waals surface area contributed by atoms with Crippen LogP contribution in [0.25, 0.3) is 0 Å². The van der Waals surface area contributed by atoms with Crippen molar-refractivity contribution in [1.82, 2.24) is 19.6 Å². The van der Waals surface area contributed by atoms with Crippen LogP contribution in [0.15, 0.2) is 30.5 Å². The Hall–Kier alpha value is -2.63. The molecule has 4 heterocycles. The third-order valence-electron chi connectivity index (χ3n) is 7.91. The minimum absolute atomic E-state index is 0.116. The smallest absolute Gasteiger partial charge is 0.344 e. The van der Waals surface area contributed by atoms with Gasteiger partial charge in [-0.15, -0.1) is 5.10 Å². The molecule has 196 valence electrons. The fourth-order valence-electron chi connectivity index (χ4n) is 5.93. The van der Waals surface area contributed by atoms with Crippen LogP contribution in [-0.4, -0.2) is 91.8 Å². The first-order valence-corrected chi connectivity index (χ1v) is 14.6. The Balaban J connectivity index is 1.24. The molecule has 1 spiro atoms. The van der Waals surface area contributed by atoms with E-state index in [4.69, 9.17) is 4.74 Å². The quantitative estimate of drug-likeness (QED) is 0.652. The fraction of sp³-hybridized carbons (Fsp3) is 0.600. The Morgan fingerprint density at radius 2 is 1.83 bits per heavy atom. The number of piperidine rings is 1. The van der Waals surface area contributed by atoms with Crippen molar-refractivity contribution in [2.75, 3.05) is 61.8 Å². The molecule has 0 saturated carbocycles. The maximum Gasteiger partial charge on any atom is 0.344 e. The number of aromatic nitrogens is 2. The number of morpholine rings is 1. The largest absolute Gasteiger partial charge is 0.378 e. The van der Waals surface area contributed by atoms with Gasteiger partial charge in [0.15, 0.2) is 5.82 Å². The number of carbonyl (C=O) groups is 1. The molecule has 1 amide bonds. The number of carbonyl (C=O) groups excluding carboxylic acids is 1. The molecule has 0 bridgehead atoms. The molecule has 2 aromatic rings. The van der Waals surface area contributed by atoms with Crippen LogP contribution < -0.4 is 9.62 Å². The standard InChI is InChI=1S/C25H36N6O4S/c1-20-21(5-3-6-22(20)28-15-17-35-18-16-28)19-30-11-4-8-25(30)9-13-29(14-10-25)24(32)31-12-7-23(26-31)27-36(2,33)34/h3,5-7,12H,4,8-11,13-19H2,1-2H3,(H,26,27). The lowest BCUT2D eigenvalue weighted by molar-refractivity contribution is 0.0584. The molecular weight excluding hydrogens is 480 g/mol. The second kappa shape index (κ2) is 10.0. The number of anilines is 2. The molecule has 1 N–H and O–H groups in total. The average molecular weight is 517 g/mol. The molecule has 11 heteroatoms. The number of sulfonamides is 1. The van der Waals surface area contributed by atoms with Crippen LogP contribution in [0.4, 0.5) is 16.3 Å². The van der Waals surface area contributed by atoms with Crippen molar-refractivity contribution < 1.29 is 17.9 Å². The molecule has 1 aromatic carbocycles. The highest BCUT2D eigenvalue weighted by Crippen LogP contribution is 2.40. The summed E-state index contributed by atoms with van der Waals surface area (Å²) in [7, 11) is -3.44. The maximum absolute atomic E-state index is 13.0. The van der Waals surface area contributed by atoms with Crippen LogP contribution >= 0.6 is 0 Å². The van der Waals surface area contributed by atoms with Gasteiger partial charge in [0.05, 0.1) is 19.5 Å². The van der Waals surface area contributed by atoms with Gasteiger partial charge in [0.2, 0.25) is 10.0 Å². The van der Waals surface area contributed by atoms with E-state index >= 15 is 0 Å². The van der Waals surface area contributed by atoms with Crippen LogP contribution in [0.3, 0.4) is 0 Å². The Morgan fingerprint density at radius 1 is 1.08 bits per heavy atom. The van der Waals surface area contributed by atoms with Gasteiger partial charge in [0.25, 0.3) is 0 Å². The van der Waals surface area contributed by atoms with E-state index in [0.29, 0.717) is 13.1 Å². The zero-order valence-electron chi connectivity index (χ0n) is 21.1. The zero-order chi connectivity index (χ0) is 25.3. The summed E-state index contributed by atoms with van der Waals surface area (Å²) in [5.41, 5.74) is 4.16. The summed E-state index contributed by atoms with van der Waals surface area (Å²) in [4.78, 5) is 19.9. The lowest BCUT2D eigenvalue weighted by atomic mass is 9.84. The molecule has 3 fully saturated rings. The summed E-state index contributed by atoms with van der Waals surface area (Å²) in [5, 5.41) is 4.10. The fourth-order valence-corrected chi connectivity index (χ4v) is 6.42. The molecule has 36 heavy (non-hydrogen) atoms. The van der Waals surface area contributed by atoms with Crippen molar-refractivity contribution >= 4 is 27.6 Å². The molecule has 1 aromatic heterocycles. The third kappa shape index (κ3) is 5.23. The lowest BCUT2D eigenvalue weighted by Crippen LogP contribution is -2.53. The van der Waals surface area contributed by atoms with Crippen molar-refractivity contribution in [3.05, 3.63) is 41.6 Å². The van der Waals surface area contributed by atoms with E-state index < -0.39 is 10.0 Å². The van der Waals surface area contributed by atoms with Gasteiger partial charge in [-0.05, 0) is 56.3 Å². The Kier molecular flexibility index (Phi) is 6.97. The maximum atomic E-state index is 13.0. The molecule has 0 atom stereocenters. The first kappa shape index (κ1) is 25.0. The highest BCUT2D eigenvalue weighted by molar-refractivity contribution is 7.92. The molecule has 0 radical (unpaired) electrons. The van der Waals surface area contributed by atoms with Crippen molar-refractivity contribution in [3.63, 3.8) is 0 Å². The summed E-state index contributed by atoms with van der Waals surface area (Å²) >= 11 is 0. The van der Waals surface area contributed by atoms with E-state index in [1.54, 1.807) is 0 Å². The summed E-state index contributed by atoms with van der Waals surface area (Å²) in [6.45, 7) is 9.00. The Morgan fingerprint density at radius 3 is 2.56 bits per heavy atom. The highest BCUT2D eigenvalue weighted by Gasteiger charge is 2.44. The Labute approximate surface area is 213 Å².